The van der Waals surface area contributed by atoms with E-state index in [-0.39, 0.29) is 0 Å². The standard InChI is InChI=1S/C16H16ClNOS/c1-18-16-13-4-2-3-5-14(13)19-10-15(16)20-12-8-6-11(17)7-9-12/h2-9,15-16,18H,10H2,1H3. The van der Waals surface area contributed by atoms with E-state index in [1.807, 2.05) is 43.1 Å². The van der Waals surface area contributed by atoms with Gasteiger partial charge in [0, 0.05) is 15.5 Å². The maximum atomic E-state index is 5.93. The number of ether oxygens (including phenoxy) is 1. The summed E-state index contributed by atoms with van der Waals surface area (Å²) in [6.45, 7) is 0.704. The Morgan fingerprint density at radius 3 is 2.65 bits per heavy atom. The first-order valence-electron chi connectivity index (χ1n) is 6.59. The number of rotatable bonds is 3. The van der Waals surface area contributed by atoms with Crippen LogP contribution in [0.5, 0.6) is 5.75 Å². The van der Waals surface area contributed by atoms with Crippen LogP contribution in [0, 0.1) is 0 Å². The Labute approximate surface area is 128 Å². The molecule has 1 aliphatic rings. The molecule has 2 unspecified atom stereocenters. The minimum atomic E-state index is 0.292. The maximum Gasteiger partial charge on any atom is 0.124 e. The van der Waals surface area contributed by atoms with E-state index < -0.39 is 0 Å². The van der Waals surface area contributed by atoms with Gasteiger partial charge in [-0.05, 0) is 37.4 Å². The van der Waals surface area contributed by atoms with E-state index in [0.29, 0.717) is 17.9 Å². The second kappa shape index (κ2) is 6.08. The second-order valence-electron chi connectivity index (χ2n) is 4.73. The van der Waals surface area contributed by atoms with Crippen LogP contribution in [0.25, 0.3) is 0 Å². The van der Waals surface area contributed by atoms with Gasteiger partial charge in [-0.3, -0.25) is 0 Å². The predicted octanol–water partition coefficient (Wildman–Crippen LogP) is 4.15. The van der Waals surface area contributed by atoms with Gasteiger partial charge in [0.25, 0.3) is 0 Å². The van der Waals surface area contributed by atoms with Gasteiger partial charge in [0.1, 0.15) is 12.4 Å². The highest BCUT2D eigenvalue weighted by atomic mass is 35.5. The number of hydrogen-bond acceptors (Lipinski definition) is 3. The molecule has 2 atom stereocenters. The van der Waals surface area contributed by atoms with Gasteiger partial charge in [0.05, 0.1) is 11.3 Å². The monoisotopic (exact) mass is 305 g/mol. The van der Waals surface area contributed by atoms with E-state index in [9.17, 15) is 0 Å². The minimum Gasteiger partial charge on any atom is -0.492 e. The van der Waals surface area contributed by atoms with Crippen LogP contribution in [0.1, 0.15) is 11.6 Å². The lowest BCUT2D eigenvalue weighted by Gasteiger charge is -2.33. The number of hydrogen-bond donors (Lipinski definition) is 1. The van der Waals surface area contributed by atoms with Crippen molar-refractivity contribution in [1.29, 1.82) is 0 Å². The zero-order valence-electron chi connectivity index (χ0n) is 11.2. The summed E-state index contributed by atoms with van der Waals surface area (Å²) in [6, 6.07) is 16.5. The van der Waals surface area contributed by atoms with Gasteiger partial charge in [0.15, 0.2) is 0 Å². The smallest absolute Gasteiger partial charge is 0.124 e. The van der Waals surface area contributed by atoms with Gasteiger partial charge in [0.2, 0.25) is 0 Å². The van der Waals surface area contributed by atoms with E-state index in [2.05, 4.69) is 29.6 Å². The largest absolute Gasteiger partial charge is 0.492 e. The van der Waals surface area contributed by atoms with E-state index in [1.54, 1.807) is 0 Å². The molecule has 0 saturated heterocycles. The molecule has 0 aromatic heterocycles. The summed E-state index contributed by atoms with van der Waals surface area (Å²) in [7, 11) is 2.00. The van der Waals surface area contributed by atoms with Gasteiger partial charge in [-0.1, -0.05) is 29.8 Å². The van der Waals surface area contributed by atoms with E-state index >= 15 is 0 Å². The topological polar surface area (TPSA) is 21.3 Å². The number of fused-ring (bicyclic) bond motifs is 1. The number of benzene rings is 2. The fourth-order valence-electron chi connectivity index (χ4n) is 2.47. The zero-order chi connectivity index (χ0) is 13.9. The van der Waals surface area contributed by atoms with Crippen LogP contribution in [0.15, 0.2) is 53.4 Å². The van der Waals surface area contributed by atoms with Crippen LogP contribution in [0.3, 0.4) is 0 Å². The van der Waals surface area contributed by atoms with Crippen molar-refractivity contribution in [3.8, 4) is 5.75 Å². The molecule has 0 bridgehead atoms. The van der Waals surface area contributed by atoms with Gasteiger partial charge in [-0.2, -0.15) is 0 Å². The fraction of sp³-hybridized carbons (Fsp3) is 0.250. The lowest BCUT2D eigenvalue weighted by atomic mass is 10.0. The molecular weight excluding hydrogens is 290 g/mol. The Morgan fingerprint density at radius 1 is 1.15 bits per heavy atom. The number of para-hydroxylation sites is 1. The zero-order valence-corrected chi connectivity index (χ0v) is 12.7. The summed E-state index contributed by atoms with van der Waals surface area (Å²) in [5, 5.41) is 4.53. The van der Waals surface area contributed by atoms with Crippen molar-refractivity contribution in [3.63, 3.8) is 0 Å². The average molecular weight is 306 g/mol. The summed E-state index contributed by atoms with van der Waals surface area (Å²) >= 11 is 7.75. The molecule has 0 spiro atoms. The van der Waals surface area contributed by atoms with Crippen LogP contribution in [0.4, 0.5) is 0 Å². The molecule has 2 aromatic carbocycles. The van der Waals surface area contributed by atoms with Crippen molar-refractivity contribution >= 4 is 23.4 Å². The maximum absolute atomic E-state index is 5.93. The van der Waals surface area contributed by atoms with Gasteiger partial charge in [-0.25, -0.2) is 0 Å². The number of halogens is 1. The Bertz CT molecular complexity index is 587. The summed E-state index contributed by atoms with van der Waals surface area (Å²) in [5.74, 6) is 0.986. The van der Waals surface area contributed by atoms with Crippen molar-refractivity contribution in [2.75, 3.05) is 13.7 Å². The molecule has 0 radical (unpaired) electrons. The predicted molar refractivity (Wildman–Crippen MR) is 84.8 cm³/mol. The first kappa shape index (κ1) is 13.8. The van der Waals surface area contributed by atoms with Crippen molar-refractivity contribution < 1.29 is 4.74 Å². The SMILES string of the molecule is CNC1c2ccccc2OCC1Sc1ccc(Cl)cc1. The minimum absolute atomic E-state index is 0.292. The molecule has 20 heavy (non-hydrogen) atoms. The van der Waals surface area contributed by atoms with Crippen molar-refractivity contribution in [3.05, 3.63) is 59.1 Å². The molecule has 0 saturated carbocycles. The molecule has 2 nitrogen and oxygen atoms in total. The quantitative estimate of drug-likeness (QED) is 0.920. The molecule has 4 heteroatoms. The van der Waals surface area contributed by atoms with E-state index in [0.717, 1.165) is 10.8 Å². The molecule has 104 valence electrons. The molecule has 1 aliphatic heterocycles. The lowest BCUT2D eigenvalue weighted by molar-refractivity contribution is 0.265. The van der Waals surface area contributed by atoms with Crippen LogP contribution in [-0.2, 0) is 0 Å². The second-order valence-corrected chi connectivity index (χ2v) is 6.47. The fourth-order valence-corrected chi connectivity index (χ4v) is 3.79. The third kappa shape index (κ3) is 2.80. The third-order valence-electron chi connectivity index (χ3n) is 3.44. The van der Waals surface area contributed by atoms with Crippen molar-refractivity contribution in [2.24, 2.45) is 0 Å². The highest BCUT2D eigenvalue weighted by molar-refractivity contribution is 8.00. The number of nitrogens with one attached hydrogen (secondary N) is 1. The Hall–Kier alpha value is -1.16. The molecule has 0 aliphatic carbocycles. The average Bonchev–Trinajstić information content (AvgIpc) is 2.49. The molecule has 2 aromatic rings. The first-order chi connectivity index (χ1) is 9.78. The van der Waals surface area contributed by atoms with E-state index in [4.69, 9.17) is 16.3 Å². The third-order valence-corrected chi connectivity index (χ3v) is 4.95. The van der Waals surface area contributed by atoms with Gasteiger partial charge in [-0.15, -0.1) is 11.8 Å². The summed E-state index contributed by atoms with van der Waals surface area (Å²) < 4.78 is 5.88. The first-order valence-corrected chi connectivity index (χ1v) is 7.85. The Balaban J connectivity index is 1.82. The Kier molecular flexibility index (Phi) is 4.20. The molecule has 0 amide bonds. The normalized spacial score (nSPS) is 21.1. The summed E-state index contributed by atoms with van der Waals surface area (Å²) in [6.07, 6.45) is 0. The van der Waals surface area contributed by atoms with Crippen molar-refractivity contribution in [1.82, 2.24) is 5.32 Å². The highest BCUT2D eigenvalue weighted by Gasteiger charge is 2.30. The lowest BCUT2D eigenvalue weighted by Crippen LogP contribution is -2.35. The van der Waals surface area contributed by atoms with Gasteiger partial charge >= 0.3 is 0 Å². The summed E-state index contributed by atoms with van der Waals surface area (Å²) in [4.78, 5) is 1.21. The van der Waals surface area contributed by atoms with Crippen LogP contribution in [0.2, 0.25) is 5.02 Å². The molecule has 1 heterocycles. The van der Waals surface area contributed by atoms with Crippen LogP contribution in [-0.4, -0.2) is 18.9 Å². The number of thioether (sulfide) groups is 1. The van der Waals surface area contributed by atoms with Crippen LogP contribution >= 0.6 is 23.4 Å². The van der Waals surface area contributed by atoms with Crippen LogP contribution < -0.4 is 10.1 Å². The Morgan fingerprint density at radius 2 is 1.90 bits per heavy atom. The van der Waals surface area contributed by atoms with E-state index in [1.165, 1.54) is 10.5 Å². The molecule has 3 rings (SSSR count). The molecule has 0 fully saturated rings. The van der Waals surface area contributed by atoms with Crippen molar-refractivity contribution in [2.45, 2.75) is 16.2 Å². The highest BCUT2D eigenvalue weighted by Crippen LogP contribution is 2.39. The molecule has 1 N–H and O–H groups in total. The molecular formula is C16H16ClNOS. The summed E-state index contributed by atoms with van der Waals surface area (Å²) in [5.41, 5.74) is 1.23. The van der Waals surface area contributed by atoms with Gasteiger partial charge < -0.3 is 10.1 Å².